The first-order chi connectivity index (χ1) is 16.5. The van der Waals surface area contributed by atoms with Crippen LogP contribution in [0, 0.1) is 17.7 Å². The fourth-order valence-electron chi connectivity index (χ4n) is 4.77. The quantitative estimate of drug-likeness (QED) is 0.511. The van der Waals surface area contributed by atoms with Crippen LogP contribution in [-0.2, 0) is 9.53 Å². The minimum Gasteiger partial charge on any atom is -0.493 e. The third kappa shape index (κ3) is 7.80. The van der Waals surface area contributed by atoms with E-state index in [1.807, 2.05) is 0 Å². The highest BCUT2D eigenvalue weighted by molar-refractivity contribution is 5.87. The second-order valence-corrected chi connectivity index (χ2v) is 10.7. The fraction of sp³-hybridized carbons (Fsp3) is 0.692. The summed E-state index contributed by atoms with van der Waals surface area (Å²) in [6, 6.07) is 3.14. The molecule has 196 valence electrons. The number of rotatable bonds is 8. The molecule has 1 aromatic carbocycles. The number of hydrogen-bond donors (Lipinski definition) is 3. The number of alkyl carbamates (subject to hydrolysis) is 1. The number of nitrogens with zero attached hydrogens (tertiary/aromatic N) is 1. The number of likely N-dealkylation sites (tertiary alicyclic amines) is 1. The average molecular weight is 493 g/mol. The number of hydrogen-bond acceptors (Lipinski definition) is 6. The molecule has 0 bridgehead atoms. The zero-order valence-corrected chi connectivity index (χ0v) is 21.4. The molecule has 9 heteroatoms. The number of halogens is 1. The van der Waals surface area contributed by atoms with Crippen molar-refractivity contribution < 1.29 is 23.5 Å². The van der Waals surface area contributed by atoms with Gasteiger partial charge >= 0.3 is 6.09 Å². The Hall–Kier alpha value is -2.39. The van der Waals surface area contributed by atoms with Crippen molar-refractivity contribution in [1.29, 1.82) is 0 Å². The van der Waals surface area contributed by atoms with Crippen molar-refractivity contribution in [2.24, 2.45) is 17.6 Å². The summed E-state index contributed by atoms with van der Waals surface area (Å²) < 4.78 is 26.4. The number of ether oxygens (including phenoxy) is 2. The van der Waals surface area contributed by atoms with Gasteiger partial charge in [0.15, 0.2) is 0 Å². The molecule has 0 unspecified atom stereocenters. The lowest BCUT2D eigenvalue weighted by Gasteiger charge is -2.29. The summed E-state index contributed by atoms with van der Waals surface area (Å²) in [6.45, 7) is 10.5. The van der Waals surface area contributed by atoms with E-state index < -0.39 is 35.6 Å². The Morgan fingerprint density at radius 1 is 1.26 bits per heavy atom. The van der Waals surface area contributed by atoms with Crippen LogP contribution in [0.5, 0.6) is 5.75 Å². The molecular weight excluding hydrogens is 451 g/mol. The molecule has 4 N–H and O–H groups in total. The van der Waals surface area contributed by atoms with Crippen LogP contribution < -0.4 is 21.1 Å². The molecule has 0 aromatic heterocycles. The fourth-order valence-corrected chi connectivity index (χ4v) is 4.77. The molecule has 0 saturated carbocycles. The highest BCUT2D eigenvalue weighted by atomic mass is 19.1. The Morgan fingerprint density at radius 2 is 1.97 bits per heavy atom. The van der Waals surface area contributed by atoms with Crippen molar-refractivity contribution in [2.75, 3.05) is 26.2 Å². The van der Waals surface area contributed by atoms with Crippen LogP contribution in [0.3, 0.4) is 0 Å². The average Bonchev–Trinajstić information content (AvgIpc) is 3.22. The maximum absolute atomic E-state index is 15.2. The molecule has 2 fully saturated rings. The zero-order chi connectivity index (χ0) is 25.6. The highest BCUT2D eigenvalue weighted by Gasteiger charge is 2.35. The molecule has 2 heterocycles. The normalized spacial score (nSPS) is 20.9. The molecule has 0 aliphatic carbocycles. The SMILES string of the molecule is C[C@H](CCOc1ccc([C@H](NC(=O)OC(C)(C)C)C(=O)N2CCC[C@H]2N)c(F)c1)C1CCNCC1. The smallest absolute Gasteiger partial charge is 0.408 e. The van der Waals surface area contributed by atoms with Crippen LogP contribution in [0.2, 0.25) is 0 Å². The van der Waals surface area contributed by atoms with Crippen molar-refractivity contribution in [2.45, 2.75) is 77.6 Å². The van der Waals surface area contributed by atoms with Gasteiger partial charge in [0.05, 0.1) is 12.8 Å². The Morgan fingerprint density at radius 3 is 2.57 bits per heavy atom. The summed E-state index contributed by atoms with van der Waals surface area (Å²) in [5.41, 5.74) is 5.36. The van der Waals surface area contributed by atoms with Crippen molar-refractivity contribution in [3.05, 3.63) is 29.6 Å². The highest BCUT2D eigenvalue weighted by Crippen LogP contribution is 2.28. The monoisotopic (exact) mass is 492 g/mol. The van der Waals surface area contributed by atoms with Crippen molar-refractivity contribution in [3.63, 3.8) is 0 Å². The molecule has 0 radical (unpaired) electrons. The van der Waals surface area contributed by atoms with Gasteiger partial charge in [-0.15, -0.1) is 0 Å². The van der Waals surface area contributed by atoms with E-state index in [4.69, 9.17) is 15.2 Å². The largest absolute Gasteiger partial charge is 0.493 e. The summed E-state index contributed by atoms with van der Waals surface area (Å²) in [7, 11) is 0. The Bertz CT molecular complexity index is 869. The van der Waals surface area contributed by atoms with Gasteiger partial charge in [-0.3, -0.25) is 4.79 Å². The molecule has 0 spiro atoms. The lowest BCUT2D eigenvalue weighted by atomic mass is 9.84. The second kappa shape index (κ2) is 12.0. The van der Waals surface area contributed by atoms with Crippen LogP contribution in [0.25, 0.3) is 0 Å². The Balaban J connectivity index is 1.68. The first-order valence-corrected chi connectivity index (χ1v) is 12.7. The minimum absolute atomic E-state index is 0.0513. The number of carbonyl (C=O) groups is 2. The van der Waals surface area contributed by atoms with Crippen LogP contribution >= 0.6 is 0 Å². The van der Waals surface area contributed by atoms with Crippen molar-refractivity contribution >= 4 is 12.0 Å². The van der Waals surface area contributed by atoms with Crippen molar-refractivity contribution in [1.82, 2.24) is 15.5 Å². The first kappa shape index (κ1) is 27.2. The van der Waals surface area contributed by atoms with Crippen molar-refractivity contribution in [3.8, 4) is 5.75 Å². The van der Waals surface area contributed by atoms with Gasteiger partial charge < -0.3 is 30.7 Å². The maximum Gasteiger partial charge on any atom is 0.408 e. The first-order valence-electron chi connectivity index (χ1n) is 12.7. The van der Waals surface area contributed by atoms with E-state index in [9.17, 15) is 9.59 Å². The summed E-state index contributed by atoms with van der Waals surface area (Å²) in [5, 5.41) is 5.93. The van der Waals surface area contributed by atoms with Gasteiger partial charge in [-0.1, -0.05) is 6.92 Å². The molecule has 2 saturated heterocycles. The summed E-state index contributed by atoms with van der Waals surface area (Å²) >= 11 is 0. The van der Waals surface area contributed by atoms with Crippen LogP contribution in [-0.4, -0.2) is 54.9 Å². The number of nitrogens with one attached hydrogen (secondary N) is 2. The molecule has 8 nitrogen and oxygen atoms in total. The molecule has 2 amide bonds. The third-order valence-corrected chi connectivity index (χ3v) is 6.80. The maximum atomic E-state index is 15.2. The molecule has 2 aliphatic heterocycles. The van der Waals surface area contributed by atoms with Gasteiger partial charge in [-0.2, -0.15) is 0 Å². The minimum atomic E-state index is -1.25. The van der Waals surface area contributed by atoms with Crippen LogP contribution in [0.1, 0.15) is 71.4 Å². The molecule has 3 rings (SSSR count). The predicted molar refractivity (Wildman–Crippen MR) is 132 cm³/mol. The standard InChI is InChI=1S/C26H41FN4O4/c1-17(18-9-12-29-13-10-18)11-15-34-19-7-8-20(21(27)16-19)23(30-25(33)35-26(2,3)4)24(32)31-14-5-6-22(31)28/h7-8,16-18,22-23,29H,5-6,9-15,28H2,1-4H3,(H,30,33)/t17-,22+,23+/m1/s1. The number of carbonyl (C=O) groups excluding carboxylic acids is 2. The van der Waals surface area contributed by atoms with Gasteiger partial charge in [-0.05, 0) is 89.9 Å². The van der Waals surface area contributed by atoms with E-state index in [0.29, 0.717) is 37.2 Å². The van der Waals surface area contributed by atoms with E-state index >= 15 is 4.39 Å². The zero-order valence-electron chi connectivity index (χ0n) is 21.4. The van der Waals surface area contributed by atoms with Gasteiger partial charge in [0.1, 0.15) is 23.2 Å². The van der Waals surface area contributed by atoms with E-state index in [0.717, 1.165) is 25.9 Å². The lowest BCUT2D eigenvalue weighted by molar-refractivity contribution is -0.134. The second-order valence-electron chi connectivity index (χ2n) is 10.7. The Kier molecular flexibility index (Phi) is 9.35. The number of amides is 2. The number of nitrogens with two attached hydrogens (primary N) is 1. The van der Waals surface area contributed by atoms with E-state index in [2.05, 4.69) is 17.6 Å². The lowest BCUT2D eigenvalue weighted by Crippen LogP contribution is -2.48. The van der Waals surface area contributed by atoms with Gasteiger partial charge in [0.2, 0.25) is 0 Å². The van der Waals surface area contributed by atoms with E-state index in [1.54, 1.807) is 26.8 Å². The number of benzene rings is 1. The summed E-state index contributed by atoms with van der Waals surface area (Å²) in [4.78, 5) is 27.2. The van der Waals surface area contributed by atoms with Crippen LogP contribution in [0.4, 0.5) is 9.18 Å². The van der Waals surface area contributed by atoms with Crippen LogP contribution in [0.15, 0.2) is 18.2 Å². The molecule has 35 heavy (non-hydrogen) atoms. The Labute approximate surface area is 208 Å². The van der Waals surface area contributed by atoms with Gasteiger partial charge in [-0.25, -0.2) is 9.18 Å². The topological polar surface area (TPSA) is 106 Å². The molecule has 3 atom stereocenters. The van der Waals surface area contributed by atoms with Gasteiger partial charge in [0.25, 0.3) is 5.91 Å². The molecular formula is C26H41FN4O4. The van der Waals surface area contributed by atoms with E-state index in [1.165, 1.54) is 29.9 Å². The number of piperidine rings is 1. The third-order valence-electron chi connectivity index (χ3n) is 6.80. The summed E-state index contributed by atoms with van der Waals surface area (Å²) in [5.74, 6) is 0.526. The summed E-state index contributed by atoms with van der Waals surface area (Å²) in [6.07, 6.45) is 3.40. The molecule has 1 aromatic rings. The van der Waals surface area contributed by atoms with E-state index in [-0.39, 0.29) is 5.56 Å². The molecule has 2 aliphatic rings. The predicted octanol–water partition coefficient (Wildman–Crippen LogP) is 3.70. The van der Waals surface area contributed by atoms with Gasteiger partial charge in [0, 0.05) is 18.2 Å².